The topological polar surface area (TPSA) is 124 Å². The van der Waals surface area contributed by atoms with E-state index >= 15 is 0 Å². The van der Waals surface area contributed by atoms with Gasteiger partial charge in [0.1, 0.15) is 18.2 Å². The summed E-state index contributed by atoms with van der Waals surface area (Å²) in [6.07, 6.45) is 6.02. The summed E-state index contributed by atoms with van der Waals surface area (Å²) in [7, 11) is 0. The van der Waals surface area contributed by atoms with Gasteiger partial charge in [-0.15, -0.1) is 0 Å². The maximum absolute atomic E-state index is 13.9. The third-order valence-electron chi connectivity index (χ3n) is 8.10. The molecule has 0 aromatic heterocycles. The number of hydrazine groups is 1. The van der Waals surface area contributed by atoms with E-state index < -0.39 is 42.5 Å². The van der Waals surface area contributed by atoms with Gasteiger partial charge >= 0.3 is 18.1 Å². The lowest BCUT2D eigenvalue weighted by molar-refractivity contribution is -0.192. The first-order valence-electron chi connectivity index (χ1n) is 15.5. The van der Waals surface area contributed by atoms with Gasteiger partial charge in [-0.3, -0.25) is 19.9 Å². The average Bonchev–Trinajstić information content (AvgIpc) is 3.14. The number of amides is 1. The Kier molecular flexibility index (Phi) is 12.0. The monoisotopic (exact) mass is 587 g/mol. The molecule has 4 atom stereocenters. The molecule has 3 aliphatic rings. The van der Waals surface area contributed by atoms with Crippen LogP contribution in [0.2, 0.25) is 0 Å². The number of esters is 2. The van der Waals surface area contributed by atoms with Gasteiger partial charge in [0.25, 0.3) is 5.91 Å². The maximum atomic E-state index is 13.9. The van der Waals surface area contributed by atoms with Crippen molar-refractivity contribution in [2.24, 2.45) is 0 Å². The second kappa shape index (κ2) is 15.9. The summed E-state index contributed by atoms with van der Waals surface area (Å²) in [5.41, 5.74) is 1.09. The van der Waals surface area contributed by atoms with E-state index in [9.17, 15) is 19.2 Å². The summed E-state index contributed by atoms with van der Waals surface area (Å²) in [6.45, 7) is 4.69. The molecule has 232 valence electrons. The second-order valence-corrected chi connectivity index (χ2v) is 11.2. The largest absolute Gasteiger partial charge is 0.511 e. The molecule has 4 rings (SSSR count). The Labute approximate surface area is 248 Å². The molecule has 1 amide bonds. The lowest BCUT2D eigenvalue weighted by atomic mass is 9.98. The number of carbonyl (C=O) groups excluding carboxylic acids is 4. The van der Waals surface area contributed by atoms with Gasteiger partial charge in [0, 0.05) is 20.0 Å². The minimum atomic E-state index is -1.16. The molecule has 1 aromatic rings. The molecule has 1 N–H and O–H groups in total. The lowest BCUT2D eigenvalue weighted by Gasteiger charge is -2.43. The number of ether oxygens (including phenoxy) is 4. The quantitative estimate of drug-likeness (QED) is 0.232. The molecule has 1 saturated carbocycles. The van der Waals surface area contributed by atoms with Gasteiger partial charge in [0.15, 0.2) is 0 Å². The van der Waals surface area contributed by atoms with Crippen molar-refractivity contribution >= 4 is 24.0 Å². The van der Waals surface area contributed by atoms with Crippen LogP contribution in [0.4, 0.5) is 4.79 Å². The van der Waals surface area contributed by atoms with Crippen molar-refractivity contribution in [1.82, 2.24) is 15.3 Å². The highest BCUT2D eigenvalue weighted by Gasteiger charge is 2.43. The molecule has 2 heterocycles. The summed E-state index contributed by atoms with van der Waals surface area (Å²) in [4.78, 5) is 52.3. The number of aryl methyl sites for hydroxylation is 1. The highest BCUT2D eigenvalue weighted by atomic mass is 16.8. The van der Waals surface area contributed by atoms with Crippen LogP contribution < -0.4 is 5.32 Å². The molecule has 0 radical (unpaired) electrons. The molecule has 2 saturated heterocycles. The average molecular weight is 588 g/mol. The zero-order valence-corrected chi connectivity index (χ0v) is 24.8. The summed E-state index contributed by atoms with van der Waals surface area (Å²) >= 11 is 0. The number of hydrogen-bond donors (Lipinski definition) is 1. The number of fused-ring (bicyclic) bond motifs is 1. The zero-order chi connectivity index (χ0) is 29.9. The van der Waals surface area contributed by atoms with E-state index in [1.807, 2.05) is 35.3 Å². The van der Waals surface area contributed by atoms with E-state index in [1.165, 1.54) is 11.9 Å². The van der Waals surface area contributed by atoms with Gasteiger partial charge in [-0.2, -0.15) is 0 Å². The number of nitrogens with one attached hydrogen (secondary N) is 1. The Balaban J connectivity index is 1.38. The van der Waals surface area contributed by atoms with Crippen LogP contribution >= 0.6 is 0 Å². The van der Waals surface area contributed by atoms with Crippen LogP contribution in [0.25, 0.3) is 0 Å². The van der Waals surface area contributed by atoms with Crippen molar-refractivity contribution in [2.45, 2.75) is 115 Å². The molecule has 11 heteroatoms. The molecule has 1 unspecified atom stereocenters. The van der Waals surface area contributed by atoms with E-state index in [1.54, 1.807) is 6.92 Å². The highest BCUT2D eigenvalue weighted by molar-refractivity contribution is 5.88. The number of benzene rings is 1. The molecule has 42 heavy (non-hydrogen) atoms. The standard InChI is InChI=1S/C31H45N3O8/c1-3-39-29(36)26(19-18-23-12-6-4-7-13-23)32-25-16-10-20-33-21-11-17-27(34(33)28(25)35)30(37)40-22(2)41-31(38)42-24-14-8-5-9-15-24/h4,6-7,12-13,22,24-27,32H,3,5,8-11,14-21H2,1-2H3/t22?,25-,26-,27-/m0/s1. The van der Waals surface area contributed by atoms with Crippen LogP contribution in [0, 0.1) is 0 Å². The van der Waals surface area contributed by atoms with Crippen molar-refractivity contribution in [3.63, 3.8) is 0 Å². The molecule has 2 aliphatic heterocycles. The van der Waals surface area contributed by atoms with Crippen LogP contribution in [0.5, 0.6) is 0 Å². The molecule has 1 aliphatic carbocycles. The van der Waals surface area contributed by atoms with E-state index in [0.717, 1.165) is 37.7 Å². The third-order valence-corrected chi connectivity index (χ3v) is 8.10. The number of hydrogen-bond acceptors (Lipinski definition) is 10. The van der Waals surface area contributed by atoms with E-state index in [4.69, 9.17) is 18.9 Å². The normalized spacial score (nSPS) is 23.2. The molecule has 0 bridgehead atoms. The van der Waals surface area contributed by atoms with Gasteiger partial charge in [-0.25, -0.2) is 14.6 Å². The third kappa shape index (κ3) is 8.91. The van der Waals surface area contributed by atoms with Gasteiger partial charge in [-0.05, 0) is 76.7 Å². The predicted octanol–water partition coefficient (Wildman–Crippen LogP) is 3.89. The van der Waals surface area contributed by atoms with Gasteiger partial charge in [0.05, 0.1) is 12.6 Å². The van der Waals surface area contributed by atoms with E-state index in [0.29, 0.717) is 51.6 Å². The molecule has 1 aromatic carbocycles. The van der Waals surface area contributed by atoms with Crippen molar-refractivity contribution in [3.05, 3.63) is 35.9 Å². The molecule has 0 spiro atoms. The van der Waals surface area contributed by atoms with Gasteiger partial charge < -0.3 is 18.9 Å². The highest BCUT2D eigenvalue weighted by Crippen LogP contribution is 2.26. The summed E-state index contributed by atoms with van der Waals surface area (Å²) in [5, 5.41) is 6.65. The lowest BCUT2D eigenvalue weighted by Crippen LogP contribution is -2.62. The van der Waals surface area contributed by atoms with E-state index in [-0.39, 0.29) is 18.6 Å². The molecular weight excluding hydrogens is 542 g/mol. The van der Waals surface area contributed by atoms with Crippen LogP contribution in [-0.4, -0.2) is 84.2 Å². The SMILES string of the molecule is CCOC(=O)[C@H](CCc1ccccc1)N[C@H]1CCCN2CCC[C@@H](C(=O)OC(C)OC(=O)OC3CCCCC3)N2C1=O. The molecule has 11 nitrogen and oxygen atoms in total. The minimum Gasteiger partial charge on any atom is -0.465 e. The minimum absolute atomic E-state index is 0.175. The first-order chi connectivity index (χ1) is 20.4. The van der Waals surface area contributed by atoms with Crippen molar-refractivity contribution in [2.75, 3.05) is 19.7 Å². The predicted molar refractivity (Wildman–Crippen MR) is 153 cm³/mol. The van der Waals surface area contributed by atoms with Crippen LogP contribution in [0.15, 0.2) is 30.3 Å². The van der Waals surface area contributed by atoms with Gasteiger partial charge in [-0.1, -0.05) is 36.8 Å². The maximum Gasteiger partial charge on any atom is 0.511 e. The van der Waals surface area contributed by atoms with E-state index in [2.05, 4.69) is 5.32 Å². The van der Waals surface area contributed by atoms with Gasteiger partial charge in [0.2, 0.25) is 6.29 Å². The summed E-state index contributed by atoms with van der Waals surface area (Å²) < 4.78 is 21.4. The Morgan fingerprint density at radius 3 is 2.38 bits per heavy atom. The summed E-state index contributed by atoms with van der Waals surface area (Å²) in [6, 6.07) is 7.63. The molecular formula is C31H45N3O8. The first kappa shape index (κ1) is 31.7. The fraction of sp³-hybridized carbons (Fsp3) is 0.677. The zero-order valence-electron chi connectivity index (χ0n) is 24.8. The fourth-order valence-electron chi connectivity index (χ4n) is 6.00. The smallest absolute Gasteiger partial charge is 0.465 e. The van der Waals surface area contributed by atoms with Crippen LogP contribution in [0.3, 0.4) is 0 Å². The van der Waals surface area contributed by atoms with Crippen molar-refractivity contribution in [1.29, 1.82) is 0 Å². The Bertz CT molecular complexity index is 1050. The number of rotatable bonds is 11. The Hall–Kier alpha value is -3.18. The summed E-state index contributed by atoms with van der Waals surface area (Å²) in [5.74, 6) is -1.32. The van der Waals surface area contributed by atoms with Crippen LogP contribution in [-0.2, 0) is 39.8 Å². The van der Waals surface area contributed by atoms with Crippen molar-refractivity contribution in [3.8, 4) is 0 Å². The second-order valence-electron chi connectivity index (χ2n) is 11.2. The Morgan fingerprint density at radius 2 is 1.67 bits per heavy atom. The number of carbonyl (C=O) groups is 4. The number of nitrogens with zero attached hydrogens (tertiary/aromatic N) is 2. The fourth-order valence-corrected chi connectivity index (χ4v) is 6.00. The van der Waals surface area contributed by atoms with Crippen LogP contribution in [0.1, 0.15) is 83.6 Å². The Morgan fingerprint density at radius 1 is 0.952 bits per heavy atom. The molecule has 3 fully saturated rings. The first-order valence-corrected chi connectivity index (χ1v) is 15.5. The van der Waals surface area contributed by atoms with Crippen molar-refractivity contribution < 1.29 is 38.1 Å².